The topological polar surface area (TPSA) is 200 Å². The number of anilines is 1. The van der Waals surface area contributed by atoms with E-state index in [0.29, 0.717) is 5.57 Å². The number of aliphatic carboxylic acids is 1. The second kappa shape index (κ2) is 11.6. The molecule has 4 N–H and O–H groups in total. The molecule has 0 aromatic carbocycles. The highest BCUT2D eigenvalue weighted by molar-refractivity contribution is 8.00. The number of nitrogens with one attached hydrogen (secondary N) is 1. The first kappa shape index (κ1) is 28.6. The number of carboxylic acids is 1. The van der Waals surface area contributed by atoms with Crippen molar-refractivity contribution >= 4 is 63.7 Å². The van der Waals surface area contributed by atoms with Gasteiger partial charge in [0.05, 0.1) is 5.41 Å². The fraction of sp³-hybridized carbons (Fsp3) is 0.409. The Morgan fingerprint density at radius 2 is 2.05 bits per heavy atom. The molecule has 1 fully saturated rings. The van der Waals surface area contributed by atoms with Gasteiger partial charge in [-0.2, -0.15) is 0 Å². The minimum atomic E-state index is -1.28. The molecule has 1 aromatic heterocycles. The van der Waals surface area contributed by atoms with Gasteiger partial charge in [0.25, 0.3) is 11.8 Å². The Morgan fingerprint density at radius 3 is 2.63 bits per heavy atom. The standard InChI is InChI=1S/C22H25N5O9S2/c1-5-10-7-37-18-14(17(30)27(18)15(10)19(31)32)25-16(29)13(11-8-38-21(23)24-11)26-36-6-12(28)34-9-35-20(33)22(2,3)4/h5,8,14,18H,1,6-7,9H2,2-4H3,(H2,23,24)(H,25,29)(H,31,32)/b26-13-/t14?,18-/m1/s1. The Balaban J connectivity index is 1.65. The first-order valence-corrected chi connectivity index (χ1v) is 12.9. The van der Waals surface area contributed by atoms with E-state index in [1.54, 1.807) is 20.8 Å². The number of nitrogens with zero attached hydrogens (tertiary/aromatic N) is 3. The van der Waals surface area contributed by atoms with Crippen LogP contribution in [0.15, 0.2) is 34.5 Å². The highest BCUT2D eigenvalue weighted by Crippen LogP contribution is 2.40. The first-order chi connectivity index (χ1) is 17.8. The summed E-state index contributed by atoms with van der Waals surface area (Å²) in [5.41, 5.74) is 4.73. The van der Waals surface area contributed by atoms with Gasteiger partial charge in [-0.3, -0.25) is 19.3 Å². The summed E-state index contributed by atoms with van der Waals surface area (Å²) in [7, 11) is 0. The van der Waals surface area contributed by atoms with Crippen LogP contribution in [-0.2, 0) is 38.3 Å². The molecule has 1 unspecified atom stereocenters. The molecule has 3 heterocycles. The molecule has 2 atom stereocenters. The maximum atomic E-state index is 13.0. The van der Waals surface area contributed by atoms with Crippen LogP contribution in [0.25, 0.3) is 0 Å². The molecule has 2 amide bonds. The molecule has 1 aromatic rings. The minimum Gasteiger partial charge on any atom is -0.477 e. The summed E-state index contributed by atoms with van der Waals surface area (Å²) in [6.07, 6.45) is 1.38. The number of thioether (sulfide) groups is 1. The van der Waals surface area contributed by atoms with E-state index in [2.05, 4.69) is 22.0 Å². The highest BCUT2D eigenvalue weighted by Gasteiger charge is 2.54. The molecule has 0 bridgehead atoms. The van der Waals surface area contributed by atoms with Crippen LogP contribution in [-0.4, -0.2) is 81.0 Å². The van der Waals surface area contributed by atoms with Crippen molar-refractivity contribution in [3.8, 4) is 0 Å². The number of nitrogen functional groups attached to an aromatic ring is 1. The number of hydrogen-bond acceptors (Lipinski definition) is 13. The summed E-state index contributed by atoms with van der Waals surface area (Å²) in [4.78, 5) is 71.1. The number of aromatic nitrogens is 1. The molecule has 38 heavy (non-hydrogen) atoms. The predicted octanol–water partition coefficient (Wildman–Crippen LogP) is 0.461. The molecule has 14 nitrogen and oxygen atoms in total. The van der Waals surface area contributed by atoms with E-state index in [1.165, 1.54) is 23.2 Å². The van der Waals surface area contributed by atoms with Crippen LogP contribution in [0.4, 0.5) is 5.13 Å². The Morgan fingerprint density at radius 1 is 1.34 bits per heavy atom. The summed E-state index contributed by atoms with van der Waals surface area (Å²) >= 11 is 2.28. The number of thiazole rings is 1. The number of oxime groups is 1. The van der Waals surface area contributed by atoms with Gasteiger partial charge in [-0.05, 0) is 26.3 Å². The zero-order valence-corrected chi connectivity index (χ0v) is 22.2. The van der Waals surface area contributed by atoms with E-state index in [0.717, 1.165) is 16.2 Å². The van der Waals surface area contributed by atoms with Crippen molar-refractivity contribution in [2.45, 2.75) is 32.2 Å². The summed E-state index contributed by atoms with van der Waals surface area (Å²) < 4.78 is 9.57. The SMILES string of the molecule is C=CC1=C(C(=O)O)N2C(=O)C(NC(=O)/C(=N\OCC(=O)OCOC(=O)C(C)(C)C)c3csc(N)n3)[C@H]2SC1. The van der Waals surface area contributed by atoms with Crippen molar-refractivity contribution in [1.82, 2.24) is 15.2 Å². The van der Waals surface area contributed by atoms with Crippen LogP contribution < -0.4 is 11.1 Å². The molecular formula is C22H25N5O9S2. The van der Waals surface area contributed by atoms with Crippen LogP contribution in [0.1, 0.15) is 26.5 Å². The van der Waals surface area contributed by atoms with Crippen LogP contribution >= 0.6 is 23.1 Å². The number of carboxylic acid groups (broad SMARTS) is 1. The molecule has 1 saturated heterocycles. The van der Waals surface area contributed by atoms with Crippen molar-refractivity contribution < 1.29 is 43.4 Å². The van der Waals surface area contributed by atoms with Crippen molar-refractivity contribution in [3.05, 3.63) is 35.0 Å². The zero-order valence-electron chi connectivity index (χ0n) is 20.6. The summed E-state index contributed by atoms with van der Waals surface area (Å²) in [5.74, 6) is -3.99. The number of carbonyl (C=O) groups is 5. The quantitative estimate of drug-likeness (QED) is 0.116. The van der Waals surface area contributed by atoms with Gasteiger partial charge in [-0.25, -0.2) is 14.6 Å². The molecule has 0 spiro atoms. The molecule has 3 rings (SSSR count). The number of ether oxygens (including phenoxy) is 2. The molecule has 2 aliphatic rings. The number of hydrogen-bond donors (Lipinski definition) is 3. The van der Waals surface area contributed by atoms with Crippen LogP contribution in [0.2, 0.25) is 0 Å². The van der Waals surface area contributed by atoms with Gasteiger partial charge in [0.2, 0.25) is 13.4 Å². The van der Waals surface area contributed by atoms with Crippen LogP contribution in [0, 0.1) is 5.41 Å². The molecular weight excluding hydrogens is 542 g/mol. The van der Waals surface area contributed by atoms with Gasteiger partial charge in [0.15, 0.2) is 10.8 Å². The fourth-order valence-corrected chi connectivity index (χ4v) is 5.05. The molecule has 2 aliphatic heterocycles. The van der Waals surface area contributed by atoms with E-state index in [1.807, 2.05) is 0 Å². The lowest BCUT2D eigenvalue weighted by Crippen LogP contribution is -2.71. The summed E-state index contributed by atoms with van der Waals surface area (Å²) in [5, 5.41) is 16.6. The lowest BCUT2D eigenvalue weighted by Gasteiger charge is -2.49. The summed E-state index contributed by atoms with van der Waals surface area (Å²) in [6, 6.07) is -1.04. The summed E-state index contributed by atoms with van der Waals surface area (Å²) in [6.45, 7) is 7.13. The monoisotopic (exact) mass is 567 g/mol. The van der Waals surface area contributed by atoms with E-state index < -0.39 is 60.0 Å². The largest absolute Gasteiger partial charge is 0.477 e. The van der Waals surface area contributed by atoms with E-state index in [9.17, 15) is 29.1 Å². The molecule has 16 heteroatoms. The van der Waals surface area contributed by atoms with Crippen LogP contribution in [0.3, 0.4) is 0 Å². The minimum absolute atomic E-state index is 0.0254. The van der Waals surface area contributed by atoms with E-state index in [-0.39, 0.29) is 28.0 Å². The number of β-lactam (4-membered cyclic amide) rings is 1. The van der Waals surface area contributed by atoms with Gasteiger partial charge in [0.1, 0.15) is 22.8 Å². The highest BCUT2D eigenvalue weighted by atomic mass is 32.2. The van der Waals surface area contributed by atoms with Gasteiger partial charge in [-0.1, -0.05) is 17.8 Å². The Bertz CT molecular complexity index is 1230. The Labute approximate surface area is 224 Å². The van der Waals surface area contributed by atoms with Crippen molar-refractivity contribution in [2.24, 2.45) is 10.6 Å². The maximum absolute atomic E-state index is 13.0. The molecule has 0 aliphatic carbocycles. The second-order valence-corrected chi connectivity index (χ2v) is 10.8. The Hall–Kier alpha value is -3.92. The number of rotatable bonds is 10. The fourth-order valence-electron chi connectivity index (χ4n) is 3.17. The third kappa shape index (κ3) is 6.31. The van der Waals surface area contributed by atoms with Crippen molar-refractivity contribution in [3.63, 3.8) is 0 Å². The molecule has 0 saturated carbocycles. The van der Waals surface area contributed by atoms with Gasteiger partial charge < -0.3 is 30.5 Å². The first-order valence-electron chi connectivity index (χ1n) is 10.9. The van der Waals surface area contributed by atoms with Crippen molar-refractivity contribution in [2.75, 3.05) is 24.9 Å². The number of fused-ring (bicyclic) bond motifs is 1. The smallest absolute Gasteiger partial charge is 0.352 e. The number of carbonyl (C=O) groups excluding carboxylic acids is 4. The second-order valence-electron chi connectivity index (χ2n) is 8.84. The number of nitrogens with two attached hydrogens (primary N) is 1. The van der Waals surface area contributed by atoms with Crippen molar-refractivity contribution in [1.29, 1.82) is 0 Å². The zero-order chi connectivity index (χ0) is 28.2. The average molecular weight is 568 g/mol. The average Bonchev–Trinajstić information content (AvgIpc) is 3.28. The van der Waals surface area contributed by atoms with E-state index >= 15 is 0 Å². The number of allylic oxidation sites excluding steroid dienone is 1. The third-order valence-electron chi connectivity index (χ3n) is 5.07. The predicted molar refractivity (Wildman–Crippen MR) is 135 cm³/mol. The number of esters is 2. The van der Waals surface area contributed by atoms with E-state index in [4.69, 9.17) is 20.0 Å². The van der Waals surface area contributed by atoms with Crippen LogP contribution in [0.5, 0.6) is 0 Å². The van der Waals surface area contributed by atoms with Gasteiger partial charge in [-0.15, -0.1) is 23.1 Å². The lowest BCUT2D eigenvalue weighted by molar-refractivity contribution is -0.175. The van der Waals surface area contributed by atoms with Gasteiger partial charge >= 0.3 is 17.9 Å². The normalized spacial score (nSPS) is 19.2. The van der Waals surface area contributed by atoms with Gasteiger partial charge in [0, 0.05) is 11.1 Å². The lowest BCUT2D eigenvalue weighted by atomic mass is 9.98. The maximum Gasteiger partial charge on any atom is 0.352 e. The molecule has 204 valence electrons. The Kier molecular flexibility index (Phi) is 8.78. The third-order valence-corrected chi connectivity index (χ3v) is 7.05. The molecule has 0 radical (unpaired) electrons. The number of amides is 2.